The van der Waals surface area contributed by atoms with Gasteiger partial charge in [0.05, 0.1) is 5.52 Å². The van der Waals surface area contributed by atoms with Crippen molar-refractivity contribution in [3.63, 3.8) is 0 Å². The first-order chi connectivity index (χ1) is 12.2. The fourth-order valence-electron chi connectivity index (χ4n) is 3.23. The first kappa shape index (κ1) is 15.6. The van der Waals surface area contributed by atoms with Gasteiger partial charge in [-0.1, -0.05) is 0 Å². The topological polar surface area (TPSA) is 89.2 Å². The number of anilines is 1. The first-order valence-electron chi connectivity index (χ1n) is 8.29. The van der Waals surface area contributed by atoms with Crippen LogP contribution in [0.1, 0.15) is 29.2 Å². The Morgan fingerprint density at radius 3 is 2.72 bits per heavy atom. The third kappa shape index (κ3) is 3.06. The molecule has 2 N–H and O–H groups in total. The summed E-state index contributed by atoms with van der Waals surface area (Å²) in [5.74, 6) is -0.582. The normalized spacial score (nSPS) is 15.4. The summed E-state index contributed by atoms with van der Waals surface area (Å²) in [5.41, 5.74) is 2.35. The van der Waals surface area contributed by atoms with Gasteiger partial charge in [-0.2, -0.15) is 0 Å². The van der Waals surface area contributed by atoms with Crippen LogP contribution in [-0.4, -0.2) is 28.5 Å². The number of benzene rings is 1. The van der Waals surface area contributed by atoms with Crippen molar-refractivity contribution in [2.75, 3.05) is 18.4 Å². The Kier molecular flexibility index (Phi) is 4.07. The summed E-state index contributed by atoms with van der Waals surface area (Å²) in [4.78, 5) is 28.4. The van der Waals surface area contributed by atoms with Gasteiger partial charge in [0, 0.05) is 35.8 Å². The number of hydrogen-bond donors (Lipinski definition) is 2. The maximum Gasteiger partial charge on any atom is 0.420 e. The molecule has 3 aromatic rings. The second-order valence-electron chi connectivity index (χ2n) is 6.09. The number of amides is 1. The molecule has 0 aliphatic carbocycles. The van der Waals surface area contributed by atoms with E-state index in [1.807, 2.05) is 6.07 Å². The highest BCUT2D eigenvalue weighted by atomic mass is 16.4. The number of nitrogens with zero attached hydrogens (tertiary/aromatic N) is 2. The maximum absolute atomic E-state index is 12.3. The van der Waals surface area contributed by atoms with Crippen LogP contribution in [0.2, 0.25) is 0 Å². The number of nitrogens with one attached hydrogen (secondary N) is 2. The van der Waals surface area contributed by atoms with Crippen molar-refractivity contribution in [1.82, 2.24) is 14.9 Å². The lowest BCUT2D eigenvalue weighted by Crippen LogP contribution is -2.32. The molecule has 1 amide bonds. The van der Waals surface area contributed by atoms with Crippen molar-refractivity contribution in [2.24, 2.45) is 0 Å². The van der Waals surface area contributed by atoms with Crippen LogP contribution >= 0.6 is 0 Å². The Bertz CT molecular complexity index is 955. The van der Waals surface area contributed by atoms with E-state index < -0.39 is 0 Å². The summed E-state index contributed by atoms with van der Waals surface area (Å²) in [6, 6.07) is 8.72. The van der Waals surface area contributed by atoms with Crippen LogP contribution < -0.4 is 16.4 Å². The van der Waals surface area contributed by atoms with Gasteiger partial charge < -0.3 is 15.1 Å². The molecule has 0 atom stereocenters. The second kappa shape index (κ2) is 6.52. The second-order valence-corrected chi connectivity index (χ2v) is 6.09. The van der Waals surface area contributed by atoms with Gasteiger partial charge in [-0.15, -0.1) is 0 Å². The molecule has 7 nitrogen and oxygen atoms in total. The summed E-state index contributed by atoms with van der Waals surface area (Å²) in [5, 5.41) is 6.10. The molecule has 1 saturated heterocycles. The molecule has 1 aliphatic heterocycles. The lowest BCUT2D eigenvalue weighted by atomic mass is 10.1. The summed E-state index contributed by atoms with van der Waals surface area (Å²) >= 11 is 0. The molecule has 3 heterocycles. The lowest BCUT2D eigenvalue weighted by Gasteiger charge is -2.23. The lowest BCUT2D eigenvalue weighted by molar-refractivity contribution is 0.102. The van der Waals surface area contributed by atoms with Gasteiger partial charge in [-0.25, -0.2) is 4.79 Å². The van der Waals surface area contributed by atoms with Gasteiger partial charge >= 0.3 is 5.76 Å². The third-order valence-electron chi connectivity index (χ3n) is 4.49. The van der Waals surface area contributed by atoms with Crippen molar-refractivity contribution in [2.45, 2.75) is 18.9 Å². The smallest absolute Gasteiger partial charge is 0.408 e. The molecule has 0 spiro atoms. The number of hydrogen-bond acceptors (Lipinski definition) is 5. The first-order valence-corrected chi connectivity index (χ1v) is 8.29. The molecule has 1 fully saturated rings. The van der Waals surface area contributed by atoms with Gasteiger partial charge in [0.15, 0.2) is 5.58 Å². The van der Waals surface area contributed by atoms with Crippen LogP contribution in [0, 0.1) is 0 Å². The Morgan fingerprint density at radius 2 is 1.96 bits per heavy atom. The van der Waals surface area contributed by atoms with E-state index in [2.05, 4.69) is 15.6 Å². The molecule has 128 valence electrons. The molecular weight excluding hydrogens is 320 g/mol. The van der Waals surface area contributed by atoms with Gasteiger partial charge in [0.1, 0.15) is 0 Å². The van der Waals surface area contributed by atoms with E-state index in [1.165, 1.54) is 0 Å². The Hall–Kier alpha value is -2.93. The highest BCUT2D eigenvalue weighted by Gasteiger charge is 2.21. The van der Waals surface area contributed by atoms with E-state index in [9.17, 15) is 9.59 Å². The summed E-state index contributed by atoms with van der Waals surface area (Å²) in [6.07, 6.45) is 4.93. The fraction of sp³-hybridized carbons (Fsp3) is 0.278. The standard InChI is InChI=1S/C18H18N4O3/c23-17(12-3-7-19-8-4-12)21-13-1-2-15-16(11-13)25-18(24)22(15)14-5-9-20-10-6-14/h1-4,7-8,11,14,20H,5-6,9-10H2,(H,21,23). The predicted molar refractivity (Wildman–Crippen MR) is 93.8 cm³/mol. The number of piperidine rings is 1. The Balaban J connectivity index is 1.63. The largest absolute Gasteiger partial charge is 0.420 e. The molecule has 25 heavy (non-hydrogen) atoms. The SMILES string of the molecule is O=C(Nc1ccc2c(c1)oc(=O)n2C1CCNCC1)c1ccncc1. The van der Waals surface area contributed by atoms with Gasteiger partial charge in [-0.3, -0.25) is 14.3 Å². The third-order valence-corrected chi connectivity index (χ3v) is 4.49. The maximum atomic E-state index is 12.3. The number of oxazole rings is 1. The molecule has 0 unspecified atom stereocenters. The zero-order chi connectivity index (χ0) is 17.2. The van der Waals surface area contributed by atoms with Crippen LogP contribution in [-0.2, 0) is 0 Å². The fourth-order valence-corrected chi connectivity index (χ4v) is 3.23. The Morgan fingerprint density at radius 1 is 1.20 bits per heavy atom. The minimum atomic E-state index is -0.348. The van der Waals surface area contributed by atoms with Crippen molar-refractivity contribution >= 4 is 22.7 Å². The zero-order valence-corrected chi connectivity index (χ0v) is 13.6. The molecule has 0 saturated carbocycles. The van der Waals surface area contributed by atoms with Gasteiger partial charge in [-0.05, 0) is 50.2 Å². The number of pyridine rings is 1. The average Bonchev–Trinajstić information content (AvgIpc) is 2.98. The van der Waals surface area contributed by atoms with Crippen LogP contribution in [0.3, 0.4) is 0 Å². The predicted octanol–water partition coefficient (Wildman–Crippen LogP) is 2.17. The summed E-state index contributed by atoms with van der Waals surface area (Å²) in [6.45, 7) is 1.79. The van der Waals surface area contributed by atoms with Crippen molar-refractivity contribution in [3.8, 4) is 0 Å². The Labute approximate surface area is 143 Å². The van der Waals surface area contributed by atoms with E-state index in [0.717, 1.165) is 31.4 Å². The molecule has 7 heteroatoms. The molecular formula is C18H18N4O3. The molecule has 1 aliphatic rings. The van der Waals surface area contributed by atoms with E-state index >= 15 is 0 Å². The van der Waals surface area contributed by atoms with Crippen LogP contribution in [0.4, 0.5) is 5.69 Å². The number of carbonyl (C=O) groups excluding carboxylic acids is 1. The molecule has 0 bridgehead atoms. The van der Waals surface area contributed by atoms with Crippen molar-refractivity contribution < 1.29 is 9.21 Å². The quantitative estimate of drug-likeness (QED) is 0.764. The molecule has 1 aromatic carbocycles. The highest BCUT2D eigenvalue weighted by molar-refractivity contribution is 6.04. The van der Waals surface area contributed by atoms with Gasteiger partial charge in [0.2, 0.25) is 0 Å². The van der Waals surface area contributed by atoms with E-state index in [4.69, 9.17) is 4.42 Å². The minimum absolute atomic E-state index is 0.146. The van der Waals surface area contributed by atoms with E-state index in [0.29, 0.717) is 16.8 Å². The van der Waals surface area contributed by atoms with Crippen LogP contribution in [0.15, 0.2) is 51.9 Å². The van der Waals surface area contributed by atoms with Crippen LogP contribution in [0.25, 0.3) is 11.1 Å². The average molecular weight is 338 g/mol. The van der Waals surface area contributed by atoms with Crippen LogP contribution in [0.5, 0.6) is 0 Å². The molecule has 2 aromatic heterocycles. The van der Waals surface area contributed by atoms with E-state index in [1.54, 1.807) is 41.2 Å². The summed E-state index contributed by atoms with van der Waals surface area (Å²) < 4.78 is 7.13. The number of fused-ring (bicyclic) bond motifs is 1. The minimum Gasteiger partial charge on any atom is -0.408 e. The summed E-state index contributed by atoms with van der Waals surface area (Å²) in [7, 11) is 0. The molecule has 0 radical (unpaired) electrons. The molecule has 4 rings (SSSR count). The number of aromatic nitrogens is 2. The van der Waals surface area contributed by atoms with Crippen molar-refractivity contribution in [3.05, 3.63) is 58.8 Å². The number of carbonyl (C=O) groups is 1. The monoisotopic (exact) mass is 338 g/mol. The highest BCUT2D eigenvalue weighted by Crippen LogP contribution is 2.25. The van der Waals surface area contributed by atoms with Gasteiger partial charge in [0.25, 0.3) is 5.91 Å². The van der Waals surface area contributed by atoms with E-state index in [-0.39, 0.29) is 17.7 Å². The zero-order valence-electron chi connectivity index (χ0n) is 13.6. The van der Waals surface area contributed by atoms with Crippen molar-refractivity contribution in [1.29, 1.82) is 0 Å². The number of rotatable bonds is 3.